The fourth-order valence-electron chi connectivity index (χ4n) is 3.44. The third-order valence-electron chi connectivity index (χ3n) is 5.21. The van der Waals surface area contributed by atoms with Crippen LogP contribution in [0.1, 0.15) is 32.8 Å². The Bertz CT molecular complexity index is 637. The van der Waals surface area contributed by atoms with Gasteiger partial charge in [-0.25, -0.2) is 0 Å². The highest BCUT2D eigenvalue weighted by atomic mass is 127. The van der Waals surface area contributed by atoms with Crippen molar-refractivity contribution in [3.05, 3.63) is 23.8 Å². The summed E-state index contributed by atoms with van der Waals surface area (Å²) in [7, 11) is 5.17. The molecule has 1 aliphatic heterocycles. The molecule has 1 saturated heterocycles. The Morgan fingerprint density at radius 2 is 1.96 bits per heavy atom. The van der Waals surface area contributed by atoms with Gasteiger partial charge in [-0.05, 0) is 31.0 Å². The lowest BCUT2D eigenvalue weighted by atomic mass is 9.84. The number of likely N-dealkylation sites (tertiary alicyclic amines) is 1. The fourth-order valence-corrected chi connectivity index (χ4v) is 3.44. The number of ether oxygens (including phenoxy) is 3. The molecule has 1 atom stereocenters. The van der Waals surface area contributed by atoms with Crippen molar-refractivity contribution in [1.82, 2.24) is 10.2 Å². The molecule has 0 bridgehead atoms. The van der Waals surface area contributed by atoms with E-state index in [4.69, 9.17) is 14.2 Å². The lowest BCUT2D eigenvalue weighted by Gasteiger charge is -2.29. The summed E-state index contributed by atoms with van der Waals surface area (Å²) >= 11 is 0. The van der Waals surface area contributed by atoms with E-state index in [-0.39, 0.29) is 29.4 Å². The molecule has 0 spiro atoms. The number of hydrogen-bond acceptors (Lipinski definition) is 4. The molecule has 0 saturated carbocycles. The number of rotatable bonds is 8. The average molecular weight is 505 g/mol. The second kappa shape index (κ2) is 11.7. The lowest BCUT2D eigenvalue weighted by Crippen LogP contribution is -2.45. The molecule has 1 N–H and O–H groups in total. The molecule has 28 heavy (non-hydrogen) atoms. The van der Waals surface area contributed by atoms with Gasteiger partial charge in [0, 0.05) is 44.6 Å². The number of halogens is 1. The van der Waals surface area contributed by atoms with Crippen LogP contribution < -0.4 is 14.8 Å². The van der Waals surface area contributed by atoms with Gasteiger partial charge < -0.3 is 24.4 Å². The number of nitrogens with one attached hydrogen (secondary N) is 1. The quantitative estimate of drug-likeness (QED) is 0.333. The van der Waals surface area contributed by atoms with Crippen LogP contribution >= 0.6 is 24.0 Å². The van der Waals surface area contributed by atoms with Crippen molar-refractivity contribution in [3.63, 3.8) is 0 Å². The highest BCUT2D eigenvalue weighted by Gasteiger charge is 2.27. The molecule has 0 aromatic heterocycles. The van der Waals surface area contributed by atoms with Gasteiger partial charge in [-0.1, -0.05) is 19.9 Å². The molecule has 0 amide bonds. The van der Waals surface area contributed by atoms with E-state index in [1.807, 2.05) is 20.0 Å². The van der Waals surface area contributed by atoms with Gasteiger partial charge in [0.15, 0.2) is 17.5 Å². The third-order valence-corrected chi connectivity index (χ3v) is 5.21. The molecule has 160 valence electrons. The zero-order chi connectivity index (χ0) is 19.9. The maximum atomic E-state index is 5.58. The topological polar surface area (TPSA) is 55.3 Å². The molecular weight excluding hydrogens is 469 g/mol. The van der Waals surface area contributed by atoms with Crippen LogP contribution in [0.4, 0.5) is 0 Å². The maximum absolute atomic E-state index is 5.58. The van der Waals surface area contributed by atoms with E-state index in [1.54, 1.807) is 14.2 Å². The van der Waals surface area contributed by atoms with E-state index in [0.29, 0.717) is 5.92 Å². The van der Waals surface area contributed by atoms with Crippen LogP contribution in [0.15, 0.2) is 23.2 Å². The average Bonchev–Trinajstić information content (AvgIpc) is 3.14. The minimum absolute atomic E-state index is 0. The molecule has 7 heteroatoms. The monoisotopic (exact) mass is 505 g/mol. The molecular formula is C21H36IN3O3. The highest BCUT2D eigenvalue weighted by Crippen LogP contribution is 2.33. The van der Waals surface area contributed by atoms with E-state index in [2.05, 4.69) is 41.2 Å². The molecule has 1 unspecified atom stereocenters. The van der Waals surface area contributed by atoms with E-state index in [1.165, 1.54) is 5.56 Å². The maximum Gasteiger partial charge on any atom is 0.193 e. The highest BCUT2D eigenvalue weighted by molar-refractivity contribution is 14.0. The summed E-state index contributed by atoms with van der Waals surface area (Å²) < 4.78 is 16.4. The van der Waals surface area contributed by atoms with Crippen LogP contribution in [0.3, 0.4) is 0 Å². The van der Waals surface area contributed by atoms with Crippen LogP contribution in [0.25, 0.3) is 0 Å². The van der Waals surface area contributed by atoms with Crippen molar-refractivity contribution in [2.45, 2.75) is 32.6 Å². The van der Waals surface area contributed by atoms with Crippen molar-refractivity contribution in [2.75, 3.05) is 54.1 Å². The summed E-state index contributed by atoms with van der Waals surface area (Å²) in [5.41, 5.74) is 1.11. The number of benzene rings is 1. The van der Waals surface area contributed by atoms with Crippen LogP contribution in [-0.2, 0) is 10.2 Å². The first-order valence-electron chi connectivity index (χ1n) is 9.71. The molecule has 1 aromatic carbocycles. The van der Waals surface area contributed by atoms with Crippen molar-refractivity contribution in [1.29, 1.82) is 0 Å². The van der Waals surface area contributed by atoms with Crippen LogP contribution in [0.2, 0.25) is 0 Å². The molecule has 6 nitrogen and oxygen atoms in total. The zero-order valence-corrected chi connectivity index (χ0v) is 20.4. The fraction of sp³-hybridized carbons (Fsp3) is 0.667. The Kier molecular flexibility index (Phi) is 10.4. The van der Waals surface area contributed by atoms with Gasteiger partial charge in [0.05, 0.1) is 20.8 Å². The summed E-state index contributed by atoms with van der Waals surface area (Å²) in [6, 6.07) is 6.11. The first kappa shape index (κ1) is 24.8. The molecule has 2 rings (SSSR count). The minimum Gasteiger partial charge on any atom is -0.493 e. The molecule has 1 aliphatic rings. The van der Waals surface area contributed by atoms with E-state index >= 15 is 0 Å². The molecule has 1 aromatic rings. The second-order valence-electron chi connectivity index (χ2n) is 7.61. The van der Waals surface area contributed by atoms with Crippen molar-refractivity contribution < 1.29 is 14.2 Å². The van der Waals surface area contributed by atoms with Crippen molar-refractivity contribution >= 4 is 29.9 Å². The minimum atomic E-state index is -0.0834. The van der Waals surface area contributed by atoms with Gasteiger partial charge in [-0.15, -0.1) is 24.0 Å². The number of guanidine groups is 1. The van der Waals surface area contributed by atoms with Crippen molar-refractivity contribution in [2.24, 2.45) is 10.9 Å². The Balaban J connectivity index is 0.00000392. The molecule has 1 fully saturated rings. The Labute approximate surface area is 187 Å². The van der Waals surface area contributed by atoms with Gasteiger partial charge in [0.2, 0.25) is 0 Å². The number of methoxy groups -OCH3 is 2. The summed E-state index contributed by atoms with van der Waals surface area (Å²) in [6.45, 7) is 10.9. The van der Waals surface area contributed by atoms with Gasteiger partial charge in [-0.2, -0.15) is 0 Å². The zero-order valence-electron chi connectivity index (χ0n) is 18.1. The van der Waals surface area contributed by atoms with Gasteiger partial charge >= 0.3 is 0 Å². The van der Waals surface area contributed by atoms with Gasteiger partial charge in [0.1, 0.15) is 0 Å². The van der Waals surface area contributed by atoms with Crippen molar-refractivity contribution in [3.8, 4) is 11.5 Å². The van der Waals surface area contributed by atoms with E-state index < -0.39 is 0 Å². The first-order chi connectivity index (χ1) is 12.9. The predicted molar refractivity (Wildman–Crippen MR) is 126 cm³/mol. The van der Waals surface area contributed by atoms with Crippen LogP contribution in [0, 0.1) is 5.92 Å². The predicted octanol–water partition coefficient (Wildman–Crippen LogP) is 3.53. The smallest absolute Gasteiger partial charge is 0.193 e. The van der Waals surface area contributed by atoms with Crippen LogP contribution in [-0.4, -0.2) is 65.0 Å². The molecule has 0 radical (unpaired) electrons. The summed E-state index contributed by atoms with van der Waals surface area (Å²) in [4.78, 5) is 6.82. The van der Waals surface area contributed by atoms with E-state index in [0.717, 1.165) is 56.7 Å². The Morgan fingerprint density at radius 1 is 1.25 bits per heavy atom. The summed E-state index contributed by atoms with van der Waals surface area (Å²) in [5, 5.41) is 3.56. The largest absolute Gasteiger partial charge is 0.493 e. The number of nitrogens with zero attached hydrogens (tertiary/aromatic N) is 2. The molecule has 0 aliphatic carbocycles. The summed E-state index contributed by atoms with van der Waals surface area (Å²) in [5.74, 6) is 3.05. The number of hydrogen-bond donors (Lipinski definition) is 1. The lowest BCUT2D eigenvalue weighted by molar-refractivity contribution is 0.114. The standard InChI is InChI=1S/C21H35N3O3.HI/c1-7-27-14-16-10-11-24(13-16)20(22-4)23-15-21(2,3)17-8-9-18(25-5)19(12-17)26-6;/h8-9,12,16H,7,10-11,13-15H2,1-6H3,(H,22,23);1H. The van der Waals surface area contributed by atoms with E-state index in [9.17, 15) is 0 Å². The summed E-state index contributed by atoms with van der Waals surface area (Å²) in [6.07, 6.45) is 1.15. The Hall–Kier alpha value is -1.22. The first-order valence-corrected chi connectivity index (χ1v) is 9.71. The van der Waals surface area contributed by atoms with Gasteiger partial charge in [-0.3, -0.25) is 4.99 Å². The number of aliphatic imine (C=N–C) groups is 1. The SMILES string of the molecule is CCOCC1CCN(C(=NC)NCC(C)(C)c2ccc(OC)c(OC)c2)C1.I. The van der Waals surface area contributed by atoms with Gasteiger partial charge in [0.25, 0.3) is 0 Å². The molecule has 1 heterocycles. The Morgan fingerprint density at radius 3 is 2.57 bits per heavy atom. The third kappa shape index (κ3) is 6.40. The normalized spacial score (nSPS) is 17.3. The second-order valence-corrected chi connectivity index (χ2v) is 7.61. The van der Waals surface area contributed by atoms with Crippen LogP contribution in [0.5, 0.6) is 11.5 Å².